The molecule has 2 unspecified atom stereocenters. The summed E-state index contributed by atoms with van der Waals surface area (Å²) in [4.78, 5) is 24.8. The van der Waals surface area contributed by atoms with E-state index in [-0.39, 0.29) is 45.8 Å². The number of halogens is 2. The Labute approximate surface area is 193 Å². The highest BCUT2D eigenvalue weighted by atomic mass is 35.5. The van der Waals surface area contributed by atoms with Crippen LogP contribution in [-0.4, -0.2) is 60.4 Å². The second-order valence-corrected chi connectivity index (χ2v) is 7.59. The van der Waals surface area contributed by atoms with Gasteiger partial charge >= 0.3 is 0 Å². The van der Waals surface area contributed by atoms with Gasteiger partial charge in [-0.05, 0) is 12.1 Å². The number of anilines is 1. The van der Waals surface area contributed by atoms with Crippen LogP contribution >= 0.6 is 11.6 Å². The van der Waals surface area contributed by atoms with Gasteiger partial charge < -0.3 is 24.8 Å². The van der Waals surface area contributed by atoms with Crippen molar-refractivity contribution < 1.29 is 23.4 Å². The Morgan fingerprint density at radius 2 is 1.97 bits per heavy atom. The van der Waals surface area contributed by atoms with E-state index in [0.29, 0.717) is 30.1 Å². The lowest BCUT2D eigenvalue weighted by atomic mass is 10.1. The molecule has 2 N–H and O–H groups in total. The number of aromatic nitrogens is 3. The molecule has 9 nitrogen and oxygen atoms in total. The Morgan fingerprint density at radius 3 is 2.70 bits per heavy atom. The predicted octanol–water partition coefficient (Wildman–Crippen LogP) is 2.98. The number of methoxy groups -OCH3 is 2. The standard InChI is InChI=1S/C22H21ClFN5O4/c1-4-18(30)27-14-9-33-10-15(14)29-22-26-7-11-5-12(25-8-13(11)28-22)19-20(23)16(31-2)6-17(32-3)21(19)24/h4-8,14-15H,1,9-10H2,2-3H3,(H,27,30)(H,26,28,29). The van der Waals surface area contributed by atoms with Crippen LogP contribution in [0.1, 0.15) is 0 Å². The largest absolute Gasteiger partial charge is 0.495 e. The zero-order valence-corrected chi connectivity index (χ0v) is 18.6. The number of carbonyl (C=O) groups excluding carboxylic acids is 1. The third kappa shape index (κ3) is 4.53. The smallest absolute Gasteiger partial charge is 0.243 e. The molecule has 1 aromatic carbocycles. The number of pyridine rings is 1. The molecule has 0 spiro atoms. The van der Waals surface area contributed by atoms with Crippen LogP contribution in [0.5, 0.6) is 11.5 Å². The number of hydrogen-bond donors (Lipinski definition) is 2. The zero-order chi connectivity index (χ0) is 23.5. The minimum atomic E-state index is -0.650. The van der Waals surface area contributed by atoms with Crippen molar-refractivity contribution in [2.24, 2.45) is 0 Å². The molecule has 2 aromatic heterocycles. The second-order valence-electron chi connectivity index (χ2n) is 7.21. The first kappa shape index (κ1) is 22.7. The van der Waals surface area contributed by atoms with Gasteiger partial charge in [-0.15, -0.1) is 0 Å². The molecular formula is C22H21ClFN5O4. The SMILES string of the molecule is C=CC(=O)NC1COCC1Nc1ncc2cc(-c3c(F)c(OC)cc(OC)c3Cl)ncc2n1. The third-order valence-corrected chi connectivity index (χ3v) is 5.58. The number of fused-ring (bicyclic) bond motifs is 1. The van der Waals surface area contributed by atoms with Gasteiger partial charge in [-0.3, -0.25) is 9.78 Å². The number of benzene rings is 1. The molecule has 0 saturated carbocycles. The molecule has 3 aromatic rings. The number of nitrogens with one attached hydrogen (secondary N) is 2. The summed E-state index contributed by atoms with van der Waals surface area (Å²) >= 11 is 6.36. The summed E-state index contributed by atoms with van der Waals surface area (Å²) < 4.78 is 30.8. The van der Waals surface area contributed by atoms with Crippen LogP contribution in [-0.2, 0) is 9.53 Å². The number of rotatable bonds is 7. The van der Waals surface area contributed by atoms with Crippen molar-refractivity contribution in [2.75, 3.05) is 32.8 Å². The maximum Gasteiger partial charge on any atom is 0.243 e. The van der Waals surface area contributed by atoms with Gasteiger partial charge in [-0.2, -0.15) is 0 Å². The quantitative estimate of drug-likeness (QED) is 0.504. The second kappa shape index (κ2) is 9.55. The fourth-order valence-corrected chi connectivity index (χ4v) is 3.81. The first-order chi connectivity index (χ1) is 15.9. The normalized spacial score (nSPS) is 17.6. The van der Waals surface area contributed by atoms with Gasteiger partial charge in [0.25, 0.3) is 0 Å². The minimum Gasteiger partial charge on any atom is -0.495 e. The number of hydrogen-bond acceptors (Lipinski definition) is 8. The van der Waals surface area contributed by atoms with E-state index in [1.54, 1.807) is 12.3 Å². The van der Waals surface area contributed by atoms with Crippen LogP contribution in [0.2, 0.25) is 5.02 Å². The van der Waals surface area contributed by atoms with Crippen molar-refractivity contribution in [2.45, 2.75) is 12.1 Å². The van der Waals surface area contributed by atoms with Gasteiger partial charge in [-0.25, -0.2) is 14.4 Å². The van der Waals surface area contributed by atoms with E-state index in [1.165, 1.54) is 32.6 Å². The van der Waals surface area contributed by atoms with Crippen LogP contribution in [0.4, 0.5) is 10.3 Å². The van der Waals surface area contributed by atoms with Crippen molar-refractivity contribution in [3.8, 4) is 22.8 Å². The Kier molecular flexibility index (Phi) is 6.57. The van der Waals surface area contributed by atoms with Crippen LogP contribution in [0.15, 0.2) is 37.2 Å². The molecule has 1 aliphatic heterocycles. The highest BCUT2D eigenvalue weighted by Crippen LogP contribution is 2.41. The molecule has 1 saturated heterocycles. The van der Waals surface area contributed by atoms with E-state index >= 15 is 0 Å². The molecule has 1 fully saturated rings. The lowest BCUT2D eigenvalue weighted by Crippen LogP contribution is -2.45. The Bertz CT molecular complexity index is 1200. The highest BCUT2D eigenvalue weighted by Gasteiger charge is 2.29. The Hall–Kier alpha value is -3.50. The molecule has 172 valence electrons. The summed E-state index contributed by atoms with van der Waals surface area (Å²) in [7, 11) is 2.79. The van der Waals surface area contributed by atoms with Gasteiger partial charge in [0.2, 0.25) is 11.9 Å². The van der Waals surface area contributed by atoms with E-state index in [2.05, 4.69) is 32.2 Å². The first-order valence-corrected chi connectivity index (χ1v) is 10.3. The summed E-state index contributed by atoms with van der Waals surface area (Å²) in [5.74, 6) is -0.338. The van der Waals surface area contributed by atoms with Crippen molar-refractivity contribution in [1.29, 1.82) is 0 Å². The number of ether oxygens (including phenoxy) is 3. The molecule has 0 bridgehead atoms. The highest BCUT2D eigenvalue weighted by molar-refractivity contribution is 6.35. The number of amides is 1. The van der Waals surface area contributed by atoms with E-state index in [1.807, 2.05) is 0 Å². The van der Waals surface area contributed by atoms with Gasteiger partial charge in [0.15, 0.2) is 11.6 Å². The summed E-state index contributed by atoms with van der Waals surface area (Å²) in [5, 5.41) is 6.69. The van der Waals surface area contributed by atoms with Gasteiger partial charge in [-0.1, -0.05) is 18.2 Å². The molecule has 33 heavy (non-hydrogen) atoms. The minimum absolute atomic E-state index is 0.0131. The molecule has 11 heteroatoms. The van der Waals surface area contributed by atoms with Crippen molar-refractivity contribution in [1.82, 2.24) is 20.3 Å². The molecule has 3 heterocycles. The van der Waals surface area contributed by atoms with Crippen molar-refractivity contribution in [3.05, 3.63) is 48.0 Å². The molecule has 1 amide bonds. The van der Waals surface area contributed by atoms with Gasteiger partial charge in [0.05, 0.1) is 67.5 Å². The number of carbonyl (C=O) groups is 1. The van der Waals surface area contributed by atoms with Gasteiger partial charge in [0, 0.05) is 17.6 Å². The molecule has 0 aliphatic carbocycles. The van der Waals surface area contributed by atoms with Crippen LogP contribution in [0, 0.1) is 5.82 Å². The van der Waals surface area contributed by atoms with Gasteiger partial charge in [0.1, 0.15) is 5.75 Å². The summed E-state index contributed by atoms with van der Waals surface area (Å²) in [6.07, 6.45) is 4.30. The summed E-state index contributed by atoms with van der Waals surface area (Å²) in [6, 6.07) is 2.55. The molecule has 4 rings (SSSR count). The molecule has 0 radical (unpaired) electrons. The van der Waals surface area contributed by atoms with E-state index in [0.717, 1.165) is 0 Å². The zero-order valence-electron chi connectivity index (χ0n) is 17.9. The van der Waals surface area contributed by atoms with E-state index < -0.39 is 5.82 Å². The third-order valence-electron chi connectivity index (χ3n) is 5.20. The van der Waals surface area contributed by atoms with E-state index in [4.69, 9.17) is 25.8 Å². The topological polar surface area (TPSA) is 107 Å². The molecule has 1 aliphatic rings. The predicted molar refractivity (Wildman–Crippen MR) is 121 cm³/mol. The van der Waals surface area contributed by atoms with Crippen LogP contribution in [0.25, 0.3) is 22.2 Å². The maximum atomic E-state index is 15.0. The monoisotopic (exact) mass is 473 g/mol. The fourth-order valence-electron chi connectivity index (χ4n) is 3.50. The average Bonchev–Trinajstić information content (AvgIpc) is 3.25. The summed E-state index contributed by atoms with van der Waals surface area (Å²) in [5.41, 5.74) is 0.872. The Balaban J connectivity index is 1.63. The van der Waals surface area contributed by atoms with Crippen molar-refractivity contribution >= 4 is 34.4 Å². The maximum absolute atomic E-state index is 15.0. The Morgan fingerprint density at radius 1 is 1.21 bits per heavy atom. The van der Waals surface area contributed by atoms with E-state index in [9.17, 15) is 9.18 Å². The fraction of sp³-hybridized carbons (Fsp3) is 0.273. The average molecular weight is 474 g/mol. The number of nitrogens with zero attached hydrogens (tertiary/aromatic N) is 3. The summed E-state index contributed by atoms with van der Waals surface area (Å²) in [6.45, 7) is 4.21. The van der Waals surface area contributed by atoms with Crippen LogP contribution in [0.3, 0.4) is 0 Å². The molecule has 2 atom stereocenters. The lowest BCUT2D eigenvalue weighted by molar-refractivity contribution is -0.117. The molecular weight excluding hydrogens is 453 g/mol. The van der Waals surface area contributed by atoms with Crippen molar-refractivity contribution in [3.63, 3.8) is 0 Å². The first-order valence-electron chi connectivity index (χ1n) is 9.95. The lowest BCUT2D eigenvalue weighted by Gasteiger charge is -2.19. The van der Waals surface area contributed by atoms with Crippen LogP contribution < -0.4 is 20.1 Å².